The molecule has 0 spiro atoms. The maximum absolute atomic E-state index is 14.7. The molecule has 1 unspecified atom stereocenters. The first-order valence-electron chi connectivity index (χ1n) is 9.83. The van der Waals surface area contributed by atoms with Gasteiger partial charge in [-0.3, -0.25) is 14.6 Å². The molecule has 34 heavy (non-hydrogen) atoms. The topological polar surface area (TPSA) is 170 Å². The highest BCUT2D eigenvalue weighted by molar-refractivity contribution is 5.62. The van der Waals surface area contributed by atoms with Crippen LogP contribution in [0.4, 0.5) is 14.5 Å². The van der Waals surface area contributed by atoms with E-state index in [0.717, 1.165) is 6.20 Å². The summed E-state index contributed by atoms with van der Waals surface area (Å²) in [6.45, 7) is -1.41. The first kappa shape index (κ1) is 22.6. The number of alkyl halides is 2. The van der Waals surface area contributed by atoms with Gasteiger partial charge in [0.2, 0.25) is 5.88 Å². The van der Waals surface area contributed by atoms with Gasteiger partial charge in [0.15, 0.2) is 0 Å². The number of aromatic nitrogens is 5. The second-order valence-corrected chi connectivity index (χ2v) is 7.44. The highest BCUT2D eigenvalue weighted by atomic mass is 19.3. The van der Waals surface area contributed by atoms with Gasteiger partial charge in [0.05, 0.1) is 37.0 Å². The van der Waals surface area contributed by atoms with Gasteiger partial charge in [-0.25, -0.2) is 23.7 Å². The molecule has 0 radical (unpaired) electrons. The molecule has 0 bridgehead atoms. The normalized spacial score (nSPS) is 16.8. The van der Waals surface area contributed by atoms with Crippen molar-refractivity contribution in [1.82, 2.24) is 25.1 Å². The third kappa shape index (κ3) is 4.35. The third-order valence-electron chi connectivity index (χ3n) is 5.27. The Bertz CT molecular complexity index is 1440. The second-order valence-electron chi connectivity index (χ2n) is 7.44. The molecule has 176 valence electrons. The minimum Gasteiger partial charge on any atom is -0.495 e. The zero-order chi connectivity index (χ0) is 24.5. The van der Waals surface area contributed by atoms with E-state index in [1.54, 1.807) is 0 Å². The average molecular weight is 473 g/mol. The summed E-state index contributed by atoms with van der Waals surface area (Å²) in [6, 6.07) is 4.42. The Hall–Kier alpha value is -4.54. The molecule has 1 aliphatic heterocycles. The van der Waals surface area contributed by atoms with Crippen molar-refractivity contribution in [2.45, 2.75) is 5.92 Å². The van der Waals surface area contributed by atoms with E-state index in [4.69, 9.17) is 14.7 Å². The van der Waals surface area contributed by atoms with Crippen molar-refractivity contribution in [2.75, 3.05) is 31.7 Å². The van der Waals surface area contributed by atoms with Gasteiger partial charge in [-0.15, -0.1) is 0 Å². The van der Waals surface area contributed by atoms with Crippen LogP contribution in [0.5, 0.6) is 11.6 Å². The number of rotatable bonds is 6. The van der Waals surface area contributed by atoms with E-state index in [9.17, 15) is 23.2 Å². The molecule has 12 nitrogen and oxygen atoms in total. The van der Waals surface area contributed by atoms with E-state index < -0.39 is 41.8 Å². The van der Waals surface area contributed by atoms with Crippen molar-refractivity contribution in [3.63, 3.8) is 0 Å². The maximum atomic E-state index is 14.7. The van der Waals surface area contributed by atoms with Crippen LogP contribution in [-0.2, 0) is 0 Å². The van der Waals surface area contributed by atoms with Crippen molar-refractivity contribution in [3.8, 4) is 29.0 Å². The Morgan fingerprint density at radius 1 is 1.29 bits per heavy atom. The van der Waals surface area contributed by atoms with Crippen LogP contribution >= 0.6 is 0 Å². The van der Waals surface area contributed by atoms with Gasteiger partial charge in [0, 0.05) is 18.8 Å². The molecule has 1 saturated heterocycles. The Morgan fingerprint density at radius 2 is 2.09 bits per heavy atom. The molecule has 3 aromatic heterocycles. The van der Waals surface area contributed by atoms with Crippen molar-refractivity contribution < 1.29 is 18.3 Å². The lowest BCUT2D eigenvalue weighted by Crippen LogP contribution is -2.32. The first-order valence-corrected chi connectivity index (χ1v) is 9.83. The van der Waals surface area contributed by atoms with E-state index in [1.807, 2.05) is 11.1 Å². The summed E-state index contributed by atoms with van der Waals surface area (Å²) < 4.78 is 40.0. The van der Waals surface area contributed by atoms with Crippen LogP contribution in [0.25, 0.3) is 11.3 Å². The second kappa shape index (κ2) is 8.77. The molecule has 1 atom stereocenters. The molecule has 0 aliphatic carbocycles. The van der Waals surface area contributed by atoms with E-state index in [-0.39, 0.29) is 40.7 Å². The van der Waals surface area contributed by atoms with E-state index >= 15 is 0 Å². The first-order chi connectivity index (χ1) is 16.2. The van der Waals surface area contributed by atoms with Crippen LogP contribution in [0.3, 0.4) is 0 Å². The van der Waals surface area contributed by atoms with E-state index in [0.29, 0.717) is 0 Å². The largest absolute Gasteiger partial charge is 0.495 e. The zero-order valence-corrected chi connectivity index (χ0v) is 17.6. The lowest BCUT2D eigenvalue weighted by atomic mass is 10.1. The molecule has 14 heteroatoms. The van der Waals surface area contributed by atoms with Crippen LogP contribution in [-0.4, -0.2) is 57.9 Å². The number of nitriles is 1. The van der Waals surface area contributed by atoms with Crippen LogP contribution in [0.1, 0.15) is 5.56 Å². The molecule has 4 rings (SSSR count). The fraction of sp³-hybridized carbons (Fsp3) is 0.300. The number of methoxy groups -OCH3 is 1. The summed E-state index contributed by atoms with van der Waals surface area (Å²) in [4.78, 5) is 45.0. The van der Waals surface area contributed by atoms with E-state index in [2.05, 4.69) is 20.2 Å². The maximum Gasteiger partial charge on any atom is 0.325 e. The third-order valence-corrected chi connectivity index (χ3v) is 5.27. The molecular weight excluding hydrogens is 456 g/mol. The highest BCUT2D eigenvalue weighted by Crippen LogP contribution is 2.36. The van der Waals surface area contributed by atoms with Crippen molar-refractivity contribution >= 4 is 5.69 Å². The summed E-state index contributed by atoms with van der Waals surface area (Å²) in [5.41, 5.74) is -2.21. The van der Waals surface area contributed by atoms with Crippen molar-refractivity contribution in [2.24, 2.45) is 5.92 Å². The number of aromatic amines is 3. The Labute approximate surface area is 188 Å². The predicted molar refractivity (Wildman–Crippen MR) is 113 cm³/mol. The van der Waals surface area contributed by atoms with Crippen LogP contribution in [0.15, 0.2) is 38.9 Å². The molecule has 0 amide bonds. The summed E-state index contributed by atoms with van der Waals surface area (Å²) in [7, 11) is 1.35. The van der Waals surface area contributed by atoms with Gasteiger partial charge in [-0.05, 0) is 6.07 Å². The van der Waals surface area contributed by atoms with Gasteiger partial charge in [0.1, 0.15) is 29.7 Å². The number of H-pyrrole nitrogens is 3. The molecule has 3 aromatic rings. The summed E-state index contributed by atoms with van der Waals surface area (Å²) >= 11 is 0. The Balaban J connectivity index is 1.55. The fourth-order valence-corrected chi connectivity index (χ4v) is 3.51. The van der Waals surface area contributed by atoms with Crippen molar-refractivity contribution in [3.05, 3.63) is 61.3 Å². The smallest absolute Gasteiger partial charge is 0.325 e. The number of nitrogens with one attached hydrogen (secondary N) is 3. The zero-order valence-electron chi connectivity index (χ0n) is 17.6. The Kier molecular flexibility index (Phi) is 5.84. The van der Waals surface area contributed by atoms with Crippen LogP contribution in [0.2, 0.25) is 0 Å². The fourth-order valence-electron chi connectivity index (χ4n) is 3.51. The van der Waals surface area contributed by atoms with Gasteiger partial charge in [-0.2, -0.15) is 10.4 Å². The van der Waals surface area contributed by atoms with Gasteiger partial charge < -0.3 is 19.4 Å². The summed E-state index contributed by atoms with van der Waals surface area (Å²) in [6.07, 6.45) is 2.32. The minimum atomic E-state index is -3.21. The number of nitrogens with zero attached hydrogens (tertiary/aromatic N) is 4. The van der Waals surface area contributed by atoms with Gasteiger partial charge in [0.25, 0.3) is 17.0 Å². The molecule has 0 saturated carbocycles. The number of hydrogen-bond donors (Lipinski definition) is 3. The lowest BCUT2D eigenvalue weighted by Gasteiger charge is -2.17. The monoisotopic (exact) mass is 473 g/mol. The number of halogens is 2. The molecule has 0 aromatic carbocycles. The Morgan fingerprint density at radius 3 is 2.79 bits per heavy atom. The SMILES string of the molecule is COc1cc(OCC2CN(c3cc(-c4c[nH]c(=O)[nH]c4=O)n[nH]c3=O)CC2(F)F)ncc1C#N. The summed E-state index contributed by atoms with van der Waals surface area (Å²) in [5.74, 6) is -4.29. The quantitative estimate of drug-likeness (QED) is 0.454. The lowest BCUT2D eigenvalue weighted by molar-refractivity contribution is -0.0359. The average Bonchev–Trinajstić information content (AvgIpc) is 3.11. The molecule has 1 fully saturated rings. The highest BCUT2D eigenvalue weighted by Gasteiger charge is 2.49. The number of ether oxygens (including phenoxy) is 2. The molecule has 3 N–H and O–H groups in total. The molecule has 1 aliphatic rings. The van der Waals surface area contributed by atoms with Crippen LogP contribution < -0.4 is 31.2 Å². The van der Waals surface area contributed by atoms with Crippen molar-refractivity contribution in [1.29, 1.82) is 5.26 Å². The number of pyridine rings is 1. The number of anilines is 1. The predicted octanol–water partition coefficient (Wildman–Crippen LogP) is 0.239. The summed E-state index contributed by atoms with van der Waals surface area (Å²) in [5, 5.41) is 15.0. The van der Waals surface area contributed by atoms with Crippen LogP contribution in [0, 0.1) is 17.2 Å². The standard InChI is InChI=1S/C20H17F2N7O5/c1-33-15-3-16(24-5-10(15)4-23)34-8-11-7-29(9-20(11,21)22)14-2-13(27-28-18(14)31)12-6-25-19(32)26-17(12)30/h2-3,5-6,11H,7-9H2,1H3,(H,28,31)(H2,25,26,30,32). The molecular formula is C20H17F2N7O5. The van der Waals surface area contributed by atoms with Gasteiger partial charge in [-0.1, -0.05) is 0 Å². The molecule has 4 heterocycles. The number of hydrogen-bond acceptors (Lipinski definition) is 9. The van der Waals surface area contributed by atoms with E-state index in [1.165, 1.54) is 30.3 Å². The van der Waals surface area contributed by atoms with Gasteiger partial charge >= 0.3 is 5.69 Å². The minimum absolute atomic E-state index is 0.00596.